The van der Waals surface area contributed by atoms with Crippen LogP contribution in [0.15, 0.2) is 77.6 Å². The number of aromatic nitrogens is 2. The van der Waals surface area contributed by atoms with Crippen LogP contribution in [0.3, 0.4) is 0 Å². The molecule has 0 aliphatic rings. The zero-order valence-corrected chi connectivity index (χ0v) is 17.8. The Morgan fingerprint density at radius 1 is 1.06 bits per heavy atom. The second-order valence-corrected chi connectivity index (χ2v) is 7.51. The largest absolute Gasteiger partial charge is 0.481 e. The molecule has 1 heterocycles. The van der Waals surface area contributed by atoms with Crippen molar-refractivity contribution in [2.45, 2.75) is 20.0 Å². The van der Waals surface area contributed by atoms with E-state index in [0.29, 0.717) is 38.9 Å². The summed E-state index contributed by atoms with van der Waals surface area (Å²) in [4.78, 5) is 29.9. The van der Waals surface area contributed by atoms with Gasteiger partial charge in [0.1, 0.15) is 11.6 Å². The number of nitrogens with zero attached hydrogens (tertiary/aromatic N) is 2. The van der Waals surface area contributed by atoms with Gasteiger partial charge in [0.15, 0.2) is 6.10 Å². The molecular formula is C24H20ClN3O3. The van der Waals surface area contributed by atoms with Gasteiger partial charge in [-0.05, 0) is 68.4 Å². The molecule has 0 aliphatic heterocycles. The lowest BCUT2D eigenvalue weighted by atomic mass is 10.2. The minimum absolute atomic E-state index is 0.136. The van der Waals surface area contributed by atoms with Gasteiger partial charge < -0.3 is 10.1 Å². The topological polar surface area (TPSA) is 73.2 Å². The SMILES string of the molecule is Cc1nc2ccccc2c(=O)n1-c1ccc(NC(=O)C(C)Oc2cccc(Cl)c2)cc1. The molecule has 0 aliphatic carbocycles. The molecule has 0 fully saturated rings. The van der Waals surface area contributed by atoms with Crippen molar-refractivity contribution in [1.29, 1.82) is 0 Å². The van der Waals surface area contributed by atoms with Gasteiger partial charge >= 0.3 is 0 Å². The van der Waals surface area contributed by atoms with Crippen molar-refractivity contribution in [1.82, 2.24) is 9.55 Å². The fourth-order valence-corrected chi connectivity index (χ4v) is 3.46. The summed E-state index contributed by atoms with van der Waals surface area (Å²) in [5, 5.41) is 3.90. The number of halogens is 1. The number of carbonyl (C=O) groups is 1. The standard InChI is InChI=1S/C24H20ClN3O3/c1-15(31-20-7-5-6-17(25)14-20)23(29)27-18-10-12-19(13-11-18)28-16(2)26-22-9-4-3-8-21(22)24(28)30/h3-15H,1-2H3,(H,27,29). The molecule has 156 valence electrons. The highest BCUT2D eigenvalue weighted by Gasteiger charge is 2.15. The van der Waals surface area contributed by atoms with Crippen molar-refractivity contribution in [2.24, 2.45) is 0 Å². The summed E-state index contributed by atoms with van der Waals surface area (Å²) in [7, 11) is 0. The Morgan fingerprint density at radius 3 is 2.55 bits per heavy atom. The second kappa shape index (κ2) is 8.62. The summed E-state index contributed by atoms with van der Waals surface area (Å²) in [6.45, 7) is 3.45. The smallest absolute Gasteiger partial charge is 0.265 e. The molecular weight excluding hydrogens is 414 g/mol. The van der Waals surface area contributed by atoms with Crippen LogP contribution in [-0.4, -0.2) is 21.6 Å². The van der Waals surface area contributed by atoms with E-state index in [4.69, 9.17) is 16.3 Å². The van der Waals surface area contributed by atoms with Crippen LogP contribution in [-0.2, 0) is 4.79 Å². The van der Waals surface area contributed by atoms with Gasteiger partial charge in [0.05, 0.1) is 16.6 Å². The van der Waals surface area contributed by atoms with Crippen molar-refractivity contribution < 1.29 is 9.53 Å². The molecule has 0 saturated heterocycles. The lowest BCUT2D eigenvalue weighted by molar-refractivity contribution is -0.122. The van der Waals surface area contributed by atoms with Crippen molar-refractivity contribution in [3.8, 4) is 11.4 Å². The summed E-state index contributed by atoms with van der Waals surface area (Å²) in [6, 6.07) is 21.1. The molecule has 6 nitrogen and oxygen atoms in total. The number of aryl methyl sites for hydroxylation is 1. The highest BCUT2D eigenvalue weighted by molar-refractivity contribution is 6.30. The lowest BCUT2D eigenvalue weighted by Gasteiger charge is -2.15. The average molecular weight is 434 g/mol. The molecule has 31 heavy (non-hydrogen) atoms. The van der Waals surface area contributed by atoms with Gasteiger partial charge in [0.2, 0.25) is 0 Å². The van der Waals surface area contributed by atoms with Crippen molar-refractivity contribution in [2.75, 3.05) is 5.32 Å². The Balaban J connectivity index is 1.52. The molecule has 0 radical (unpaired) electrons. The molecule has 0 spiro atoms. The van der Waals surface area contributed by atoms with E-state index in [1.165, 1.54) is 0 Å². The van der Waals surface area contributed by atoms with E-state index in [1.54, 1.807) is 73.0 Å². The molecule has 7 heteroatoms. The predicted octanol–water partition coefficient (Wildman–Crippen LogP) is 4.75. The van der Waals surface area contributed by atoms with Crippen LogP contribution in [0, 0.1) is 6.92 Å². The second-order valence-electron chi connectivity index (χ2n) is 7.07. The summed E-state index contributed by atoms with van der Waals surface area (Å²) in [5.74, 6) is 0.807. The maximum atomic E-state index is 12.9. The molecule has 4 aromatic rings. The van der Waals surface area contributed by atoms with Crippen LogP contribution in [0.25, 0.3) is 16.6 Å². The third kappa shape index (κ3) is 4.44. The Labute approximate surface area is 184 Å². The zero-order valence-electron chi connectivity index (χ0n) is 17.0. The number of anilines is 1. The van der Waals surface area contributed by atoms with Crippen LogP contribution in [0.1, 0.15) is 12.7 Å². The Morgan fingerprint density at radius 2 is 1.81 bits per heavy atom. The molecule has 3 aromatic carbocycles. The highest BCUT2D eigenvalue weighted by atomic mass is 35.5. The maximum Gasteiger partial charge on any atom is 0.265 e. The first-order chi connectivity index (χ1) is 14.9. The lowest BCUT2D eigenvalue weighted by Crippen LogP contribution is -2.30. The minimum atomic E-state index is -0.715. The van der Waals surface area contributed by atoms with Crippen molar-refractivity contribution in [3.05, 3.63) is 94.0 Å². The normalized spacial score (nSPS) is 11.8. The summed E-state index contributed by atoms with van der Waals surface area (Å²) in [6.07, 6.45) is -0.715. The van der Waals surface area contributed by atoms with Gasteiger partial charge in [0, 0.05) is 10.7 Å². The number of benzene rings is 3. The predicted molar refractivity (Wildman–Crippen MR) is 122 cm³/mol. The van der Waals surface area contributed by atoms with Gasteiger partial charge in [0.25, 0.3) is 11.5 Å². The van der Waals surface area contributed by atoms with Crippen LogP contribution in [0.4, 0.5) is 5.69 Å². The number of para-hydroxylation sites is 1. The average Bonchev–Trinajstić information content (AvgIpc) is 2.75. The van der Waals surface area contributed by atoms with Crippen LogP contribution in [0.5, 0.6) is 5.75 Å². The first kappa shape index (κ1) is 20.6. The van der Waals surface area contributed by atoms with Gasteiger partial charge in [-0.15, -0.1) is 0 Å². The molecule has 1 unspecified atom stereocenters. The van der Waals surface area contributed by atoms with E-state index in [1.807, 2.05) is 18.2 Å². The Bertz CT molecular complexity index is 1320. The molecule has 1 aromatic heterocycles. The third-order valence-electron chi connectivity index (χ3n) is 4.81. The first-order valence-electron chi connectivity index (χ1n) is 9.74. The molecule has 1 N–H and O–H groups in total. The number of amides is 1. The van der Waals surface area contributed by atoms with Crippen molar-refractivity contribution >= 4 is 34.1 Å². The number of nitrogens with one attached hydrogen (secondary N) is 1. The summed E-state index contributed by atoms with van der Waals surface area (Å²) >= 11 is 5.95. The Hall–Kier alpha value is -3.64. The number of hydrogen-bond acceptors (Lipinski definition) is 4. The van der Waals surface area contributed by atoms with E-state index < -0.39 is 6.10 Å². The summed E-state index contributed by atoms with van der Waals surface area (Å²) in [5.41, 5.74) is 1.79. The molecule has 0 bridgehead atoms. The summed E-state index contributed by atoms with van der Waals surface area (Å²) < 4.78 is 7.20. The van der Waals surface area contributed by atoms with Crippen LogP contribution < -0.4 is 15.6 Å². The van der Waals surface area contributed by atoms with Gasteiger partial charge in [-0.1, -0.05) is 29.8 Å². The van der Waals surface area contributed by atoms with Crippen LogP contribution >= 0.6 is 11.6 Å². The van der Waals surface area contributed by atoms with Gasteiger partial charge in [-0.3, -0.25) is 14.2 Å². The van der Waals surface area contributed by atoms with Gasteiger partial charge in [-0.25, -0.2) is 4.98 Å². The van der Waals surface area contributed by atoms with E-state index >= 15 is 0 Å². The first-order valence-corrected chi connectivity index (χ1v) is 10.1. The van der Waals surface area contributed by atoms with E-state index in [-0.39, 0.29) is 11.5 Å². The van der Waals surface area contributed by atoms with Crippen LogP contribution in [0.2, 0.25) is 5.02 Å². The minimum Gasteiger partial charge on any atom is -0.481 e. The Kier molecular flexibility index (Phi) is 5.73. The fourth-order valence-electron chi connectivity index (χ4n) is 3.28. The quantitative estimate of drug-likeness (QED) is 0.492. The monoisotopic (exact) mass is 433 g/mol. The number of rotatable bonds is 5. The van der Waals surface area contributed by atoms with E-state index in [0.717, 1.165) is 0 Å². The molecule has 1 amide bonds. The number of carbonyl (C=O) groups excluding carboxylic acids is 1. The maximum absolute atomic E-state index is 12.9. The van der Waals surface area contributed by atoms with E-state index in [2.05, 4.69) is 10.3 Å². The molecule has 0 saturated carbocycles. The van der Waals surface area contributed by atoms with Crippen molar-refractivity contribution in [3.63, 3.8) is 0 Å². The highest BCUT2D eigenvalue weighted by Crippen LogP contribution is 2.19. The molecule has 4 rings (SSSR count). The fraction of sp³-hybridized carbons (Fsp3) is 0.125. The van der Waals surface area contributed by atoms with E-state index in [9.17, 15) is 9.59 Å². The number of hydrogen-bond donors (Lipinski definition) is 1. The molecule has 1 atom stereocenters. The third-order valence-corrected chi connectivity index (χ3v) is 5.05. The number of fused-ring (bicyclic) bond motifs is 1. The van der Waals surface area contributed by atoms with Gasteiger partial charge in [-0.2, -0.15) is 0 Å². The zero-order chi connectivity index (χ0) is 22.0. The number of ether oxygens (including phenoxy) is 1.